The zero-order valence-corrected chi connectivity index (χ0v) is 15.2. The van der Waals surface area contributed by atoms with Crippen molar-refractivity contribution in [2.45, 2.75) is 65.7 Å². The van der Waals surface area contributed by atoms with Crippen LogP contribution in [0.15, 0.2) is 24.3 Å². The first-order valence-corrected chi connectivity index (χ1v) is 8.33. The molecule has 1 amide bonds. The fourth-order valence-corrected chi connectivity index (χ4v) is 3.12. The van der Waals surface area contributed by atoms with Crippen molar-refractivity contribution in [2.75, 3.05) is 6.54 Å². The first kappa shape index (κ1) is 17.6. The molecule has 0 saturated carbocycles. The highest BCUT2D eigenvalue weighted by Crippen LogP contribution is 2.33. The molecule has 1 aliphatic heterocycles. The molecule has 0 N–H and O–H groups in total. The smallest absolute Gasteiger partial charge is 0.410 e. The quantitative estimate of drug-likeness (QED) is 0.798. The summed E-state index contributed by atoms with van der Waals surface area (Å²) in [5, 5.41) is 0. The second-order valence-corrected chi connectivity index (χ2v) is 8.09. The first-order valence-electron chi connectivity index (χ1n) is 8.33. The van der Waals surface area contributed by atoms with E-state index in [1.807, 2.05) is 45.0 Å². The van der Waals surface area contributed by atoms with Gasteiger partial charge in [-0.2, -0.15) is 0 Å². The van der Waals surface area contributed by atoms with Crippen LogP contribution in [0.25, 0.3) is 0 Å². The molecule has 2 rings (SSSR count). The summed E-state index contributed by atoms with van der Waals surface area (Å²) < 4.78 is 11.9. The van der Waals surface area contributed by atoms with E-state index in [9.17, 15) is 4.79 Å². The Hall–Kier alpha value is -1.71. The van der Waals surface area contributed by atoms with E-state index < -0.39 is 11.2 Å². The fourth-order valence-electron chi connectivity index (χ4n) is 3.12. The Morgan fingerprint density at radius 2 is 2.00 bits per heavy atom. The summed E-state index contributed by atoms with van der Waals surface area (Å²) in [6.07, 6.45) is 0.591. The first-order chi connectivity index (χ1) is 10.6. The third kappa shape index (κ3) is 4.88. The number of hydrogen-bond donors (Lipinski definition) is 0. The molecule has 1 aliphatic rings. The summed E-state index contributed by atoms with van der Waals surface area (Å²) in [5.74, 6) is 1.34. The molecule has 0 bridgehead atoms. The van der Waals surface area contributed by atoms with Gasteiger partial charge in [-0.15, -0.1) is 0 Å². The Labute approximate surface area is 139 Å². The SMILES string of the molecule is CC(C)CC1(C)CN(C(=O)OC(C)(C)C)Cc2ccccc2O1. The van der Waals surface area contributed by atoms with E-state index in [-0.39, 0.29) is 6.09 Å². The molecule has 1 heterocycles. The Kier molecular flexibility index (Phi) is 4.92. The van der Waals surface area contributed by atoms with Gasteiger partial charge < -0.3 is 9.47 Å². The highest BCUT2D eigenvalue weighted by atomic mass is 16.6. The minimum Gasteiger partial charge on any atom is -0.485 e. The molecule has 0 spiro atoms. The summed E-state index contributed by atoms with van der Waals surface area (Å²) in [6.45, 7) is 13.1. The van der Waals surface area contributed by atoms with E-state index in [0.29, 0.717) is 19.0 Å². The molecular formula is C19H29NO3. The van der Waals surface area contributed by atoms with Crippen molar-refractivity contribution in [3.8, 4) is 5.75 Å². The van der Waals surface area contributed by atoms with Crippen molar-refractivity contribution in [3.63, 3.8) is 0 Å². The minimum absolute atomic E-state index is 0.284. The normalized spacial score (nSPS) is 21.4. The highest BCUT2D eigenvalue weighted by Gasteiger charge is 2.37. The predicted octanol–water partition coefficient (Wildman–Crippen LogP) is 4.62. The van der Waals surface area contributed by atoms with Crippen molar-refractivity contribution in [1.29, 1.82) is 0 Å². The van der Waals surface area contributed by atoms with Gasteiger partial charge in [0, 0.05) is 5.56 Å². The average molecular weight is 319 g/mol. The van der Waals surface area contributed by atoms with Crippen LogP contribution < -0.4 is 4.74 Å². The molecule has 128 valence electrons. The van der Waals surface area contributed by atoms with Crippen LogP contribution in [0.2, 0.25) is 0 Å². The van der Waals surface area contributed by atoms with Crippen molar-refractivity contribution < 1.29 is 14.3 Å². The van der Waals surface area contributed by atoms with Gasteiger partial charge in [-0.3, -0.25) is 4.90 Å². The lowest BCUT2D eigenvalue weighted by Gasteiger charge is -2.35. The summed E-state index contributed by atoms with van der Waals surface area (Å²) in [6, 6.07) is 7.93. The molecule has 0 saturated heterocycles. The number of ether oxygens (including phenoxy) is 2. The number of nitrogens with zero attached hydrogens (tertiary/aromatic N) is 1. The van der Waals surface area contributed by atoms with E-state index >= 15 is 0 Å². The van der Waals surface area contributed by atoms with Crippen LogP contribution >= 0.6 is 0 Å². The monoisotopic (exact) mass is 319 g/mol. The number of para-hydroxylation sites is 1. The lowest BCUT2D eigenvalue weighted by Crippen LogP contribution is -2.47. The average Bonchev–Trinajstić information content (AvgIpc) is 2.51. The number of benzene rings is 1. The van der Waals surface area contributed by atoms with Gasteiger partial charge in [0.25, 0.3) is 0 Å². The van der Waals surface area contributed by atoms with Crippen molar-refractivity contribution >= 4 is 6.09 Å². The van der Waals surface area contributed by atoms with Gasteiger partial charge in [0.05, 0.1) is 13.1 Å². The maximum absolute atomic E-state index is 12.6. The summed E-state index contributed by atoms with van der Waals surface area (Å²) >= 11 is 0. The molecule has 1 unspecified atom stereocenters. The second kappa shape index (κ2) is 6.42. The van der Waals surface area contributed by atoms with E-state index in [1.165, 1.54) is 0 Å². The fraction of sp³-hybridized carbons (Fsp3) is 0.632. The molecule has 4 nitrogen and oxygen atoms in total. The second-order valence-electron chi connectivity index (χ2n) is 8.09. The summed E-state index contributed by atoms with van der Waals surface area (Å²) in [7, 11) is 0. The summed E-state index contributed by atoms with van der Waals surface area (Å²) in [5.41, 5.74) is 0.0985. The third-order valence-corrected chi connectivity index (χ3v) is 3.71. The van der Waals surface area contributed by atoms with Crippen molar-refractivity contribution in [2.24, 2.45) is 5.92 Å². The number of carbonyl (C=O) groups is 1. The van der Waals surface area contributed by atoms with E-state index in [4.69, 9.17) is 9.47 Å². The zero-order chi connectivity index (χ0) is 17.3. The lowest BCUT2D eigenvalue weighted by molar-refractivity contribution is -0.00203. The number of amides is 1. The Balaban J connectivity index is 2.31. The van der Waals surface area contributed by atoms with Crippen LogP contribution in [-0.4, -0.2) is 28.7 Å². The maximum atomic E-state index is 12.6. The van der Waals surface area contributed by atoms with Gasteiger partial charge in [0.15, 0.2) is 0 Å². The Bertz CT molecular complexity index is 562. The van der Waals surface area contributed by atoms with Crippen LogP contribution in [0.1, 0.15) is 53.5 Å². The van der Waals surface area contributed by atoms with Gasteiger partial charge in [-0.05, 0) is 46.1 Å². The van der Waals surface area contributed by atoms with Gasteiger partial charge >= 0.3 is 6.09 Å². The molecule has 0 aromatic heterocycles. The predicted molar refractivity (Wildman–Crippen MR) is 91.6 cm³/mol. The molecular weight excluding hydrogens is 290 g/mol. The standard InChI is InChI=1S/C19H29NO3/c1-14(2)11-19(6)13-20(17(21)23-18(3,4)5)12-15-9-7-8-10-16(15)22-19/h7-10,14H,11-13H2,1-6H3. The highest BCUT2D eigenvalue weighted by molar-refractivity contribution is 5.68. The topological polar surface area (TPSA) is 38.8 Å². The van der Waals surface area contributed by atoms with Crippen LogP contribution in [0.4, 0.5) is 4.79 Å². The van der Waals surface area contributed by atoms with Crippen LogP contribution in [0.3, 0.4) is 0 Å². The van der Waals surface area contributed by atoms with Crippen molar-refractivity contribution in [1.82, 2.24) is 4.90 Å². The number of rotatable bonds is 2. The van der Waals surface area contributed by atoms with Crippen LogP contribution in [0, 0.1) is 5.92 Å². The Morgan fingerprint density at radius 1 is 1.35 bits per heavy atom. The molecule has 0 radical (unpaired) electrons. The molecule has 1 aromatic carbocycles. The zero-order valence-electron chi connectivity index (χ0n) is 15.2. The van der Waals surface area contributed by atoms with Gasteiger partial charge in [0.2, 0.25) is 0 Å². The Morgan fingerprint density at radius 3 is 2.61 bits per heavy atom. The van der Waals surface area contributed by atoms with Gasteiger partial charge in [0.1, 0.15) is 17.0 Å². The third-order valence-electron chi connectivity index (χ3n) is 3.71. The molecule has 23 heavy (non-hydrogen) atoms. The molecule has 1 aromatic rings. The van der Waals surface area contributed by atoms with E-state index in [1.54, 1.807) is 4.90 Å². The summed E-state index contributed by atoms with van der Waals surface area (Å²) in [4.78, 5) is 14.4. The number of fused-ring (bicyclic) bond motifs is 1. The minimum atomic E-state index is -0.502. The van der Waals surface area contributed by atoms with Crippen LogP contribution in [0.5, 0.6) is 5.75 Å². The molecule has 0 fully saturated rings. The maximum Gasteiger partial charge on any atom is 0.410 e. The van der Waals surface area contributed by atoms with E-state index in [2.05, 4.69) is 20.8 Å². The van der Waals surface area contributed by atoms with Crippen LogP contribution in [-0.2, 0) is 11.3 Å². The lowest BCUT2D eigenvalue weighted by atomic mass is 9.93. The van der Waals surface area contributed by atoms with Gasteiger partial charge in [-0.1, -0.05) is 32.0 Å². The van der Waals surface area contributed by atoms with Crippen molar-refractivity contribution in [3.05, 3.63) is 29.8 Å². The van der Waals surface area contributed by atoms with E-state index in [0.717, 1.165) is 17.7 Å². The molecule has 4 heteroatoms. The molecule has 0 aliphatic carbocycles. The number of hydrogen-bond acceptors (Lipinski definition) is 3. The largest absolute Gasteiger partial charge is 0.485 e. The molecule has 1 atom stereocenters. The van der Waals surface area contributed by atoms with Gasteiger partial charge in [-0.25, -0.2) is 4.79 Å². The number of carbonyl (C=O) groups excluding carboxylic acids is 1.